The van der Waals surface area contributed by atoms with Crippen molar-refractivity contribution in [1.29, 1.82) is 0 Å². The van der Waals surface area contributed by atoms with Crippen LogP contribution in [-0.2, 0) is 9.47 Å². The molecule has 1 aliphatic heterocycles. The molecule has 270 valence electrons. The number of ether oxygens (including phenoxy) is 2. The molecule has 0 unspecified atom stereocenters. The second kappa shape index (κ2) is 28.6. The molecule has 8 atom stereocenters. The van der Waals surface area contributed by atoms with Crippen LogP contribution in [0.2, 0.25) is 0 Å². The van der Waals surface area contributed by atoms with Gasteiger partial charge >= 0.3 is 0 Å². The molecule has 45 heavy (non-hydrogen) atoms. The Hall–Kier alpha value is -0.360. The van der Waals surface area contributed by atoms with Crippen molar-refractivity contribution < 1.29 is 45.2 Å². The van der Waals surface area contributed by atoms with Crippen LogP contribution >= 0.6 is 0 Å². The number of hydrogen-bond acceptors (Lipinski definition) is 9. The molecule has 0 aromatic heterocycles. The summed E-state index contributed by atoms with van der Waals surface area (Å²) in [6.45, 7) is 1.41. The number of aliphatic hydroxyl groups is 7. The number of unbranched alkanes of at least 4 members (excludes halogenated alkanes) is 20. The van der Waals surface area contributed by atoms with Gasteiger partial charge in [-0.05, 0) is 32.6 Å². The zero-order valence-electron chi connectivity index (χ0n) is 28.7. The number of aliphatic hydroxyl groups excluding tert-OH is 7. The molecule has 0 spiro atoms. The van der Waals surface area contributed by atoms with Crippen LogP contribution in [0.5, 0.6) is 0 Å². The molecule has 0 aromatic carbocycles. The van der Waals surface area contributed by atoms with Gasteiger partial charge in [0, 0.05) is 0 Å². The summed E-state index contributed by atoms with van der Waals surface area (Å²) in [7, 11) is 0. The Morgan fingerprint density at radius 1 is 0.511 bits per heavy atom. The zero-order valence-corrected chi connectivity index (χ0v) is 28.7. The smallest absolute Gasteiger partial charge is 0.186 e. The topological polar surface area (TPSA) is 160 Å². The summed E-state index contributed by atoms with van der Waals surface area (Å²) in [4.78, 5) is 0. The molecule has 1 aliphatic rings. The van der Waals surface area contributed by atoms with Crippen LogP contribution in [0, 0.1) is 0 Å². The molecule has 0 aromatic rings. The molecule has 1 heterocycles. The lowest BCUT2D eigenvalue weighted by Gasteiger charge is -2.39. The van der Waals surface area contributed by atoms with Gasteiger partial charge in [0.2, 0.25) is 0 Å². The predicted octanol–water partition coefficient (Wildman–Crippen LogP) is 5.66. The zero-order chi connectivity index (χ0) is 33.1. The van der Waals surface area contributed by atoms with E-state index in [1.165, 1.54) is 116 Å². The molecule has 9 heteroatoms. The second-order valence-electron chi connectivity index (χ2n) is 13.8. The van der Waals surface area contributed by atoms with E-state index in [1.807, 2.05) is 0 Å². The van der Waals surface area contributed by atoms with Crippen LogP contribution < -0.4 is 0 Å². The van der Waals surface area contributed by atoms with Crippen LogP contribution in [-0.4, -0.2) is 98.0 Å². The maximum atomic E-state index is 10.2. The van der Waals surface area contributed by atoms with Gasteiger partial charge in [-0.15, -0.1) is 0 Å². The van der Waals surface area contributed by atoms with E-state index in [9.17, 15) is 35.7 Å². The van der Waals surface area contributed by atoms with E-state index >= 15 is 0 Å². The lowest BCUT2D eigenvalue weighted by Crippen LogP contribution is -2.59. The minimum atomic E-state index is -1.45. The molecule has 7 N–H and O–H groups in total. The third-order valence-electron chi connectivity index (χ3n) is 9.27. The molecule has 0 radical (unpaired) electrons. The quantitative estimate of drug-likeness (QED) is 0.0471. The predicted molar refractivity (Wildman–Crippen MR) is 179 cm³/mol. The SMILES string of the molecule is C[C@@H](O)C[C@@H](O)CCCCCCCCCCCCCCCCCCCCCCC[C@@H](O)CCO[C@H]1O[C@H](CO)[C@@H](O)[C@H](O)[C@H]1O. The first kappa shape index (κ1) is 42.7. The largest absolute Gasteiger partial charge is 0.394 e. The molecule has 0 bridgehead atoms. The first-order valence-corrected chi connectivity index (χ1v) is 18.7. The molecule has 0 saturated carbocycles. The molecule has 1 fully saturated rings. The fourth-order valence-electron chi connectivity index (χ4n) is 6.30. The first-order chi connectivity index (χ1) is 21.8. The molecule has 1 saturated heterocycles. The van der Waals surface area contributed by atoms with Crippen molar-refractivity contribution in [3.8, 4) is 0 Å². The van der Waals surface area contributed by atoms with E-state index in [1.54, 1.807) is 6.92 Å². The molecule has 0 aliphatic carbocycles. The standard InChI is InChI=1S/C36H72O9/c1-29(38)27-31(40)24-22-20-18-16-14-12-10-8-6-4-2-3-5-7-9-11-13-15-17-19-21-23-30(39)25-26-44-36-35(43)34(42)33(41)32(28-37)45-36/h29-43H,2-28H2,1H3/t29-,30-,31+,32-,33-,34+,35-,36+/m1/s1. The van der Waals surface area contributed by atoms with Crippen molar-refractivity contribution in [1.82, 2.24) is 0 Å². The van der Waals surface area contributed by atoms with Gasteiger partial charge in [-0.1, -0.05) is 135 Å². The second-order valence-corrected chi connectivity index (χ2v) is 13.8. The highest BCUT2D eigenvalue weighted by molar-refractivity contribution is 4.88. The summed E-state index contributed by atoms with van der Waals surface area (Å²) in [6, 6.07) is 0. The highest BCUT2D eigenvalue weighted by Crippen LogP contribution is 2.22. The van der Waals surface area contributed by atoms with Crippen LogP contribution in [0.4, 0.5) is 0 Å². The Kier molecular flexibility index (Phi) is 27.1. The van der Waals surface area contributed by atoms with E-state index in [0.29, 0.717) is 19.3 Å². The Bertz CT molecular complexity index is 636. The van der Waals surface area contributed by atoms with E-state index in [4.69, 9.17) is 9.47 Å². The maximum absolute atomic E-state index is 10.2. The van der Waals surface area contributed by atoms with Gasteiger partial charge in [-0.2, -0.15) is 0 Å². The summed E-state index contributed by atoms with van der Waals surface area (Å²) in [5.41, 5.74) is 0. The van der Waals surface area contributed by atoms with Crippen LogP contribution in [0.25, 0.3) is 0 Å². The van der Waals surface area contributed by atoms with Gasteiger partial charge in [0.15, 0.2) is 6.29 Å². The first-order valence-electron chi connectivity index (χ1n) is 18.7. The lowest BCUT2D eigenvalue weighted by molar-refractivity contribution is -0.301. The normalized spacial score (nSPS) is 24.1. The van der Waals surface area contributed by atoms with Crippen LogP contribution in [0.1, 0.15) is 167 Å². The Morgan fingerprint density at radius 2 is 0.889 bits per heavy atom. The summed E-state index contributed by atoms with van der Waals surface area (Å²) >= 11 is 0. The van der Waals surface area contributed by atoms with Crippen molar-refractivity contribution in [3.05, 3.63) is 0 Å². The fraction of sp³-hybridized carbons (Fsp3) is 1.00. The molecule has 1 rings (SSSR count). The van der Waals surface area contributed by atoms with E-state index in [-0.39, 0.29) is 12.7 Å². The van der Waals surface area contributed by atoms with Gasteiger partial charge in [-0.3, -0.25) is 0 Å². The van der Waals surface area contributed by atoms with Crippen molar-refractivity contribution in [2.45, 2.75) is 216 Å². The maximum Gasteiger partial charge on any atom is 0.186 e. The Morgan fingerprint density at radius 3 is 1.27 bits per heavy atom. The third-order valence-corrected chi connectivity index (χ3v) is 9.27. The summed E-state index contributed by atoms with van der Waals surface area (Å²) in [5, 5.41) is 68.1. The summed E-state index contributed by atoms with van der Waals surface area (Å²) in [6.07, 6.45) is 21.9. The van der Waals surface area contributed by atoms with Gasteiger partial charge in [0.1, 0.15) is 24.4 Å². The van der Waals surface area contributed by atoms with Gasteiger partial charge in [-0.25, -0.2) is 0 Å². The highest BCUT2D eigenvalue weighted by atomic mass is 16.7. The van der Waals surface area contributed by atoms with E-state index in [0.717, 1.165) is 25.7 Å². The fourth-order valence-corrected chi connectivity index (χ4v) is 6.30. The monoisotopic (exact) mass is 649 g/mol. The van der Waals surface area contributed by atoms with E-state index in [2.05, 4.69) is 0 Å². The van der Waals surface area contributed by atoms with Crippen molar-refractivity contribution >= 4 is 0 Å². The Labute approximate surface area is 274 Å². The molecular weight excluding hydrogens is 576 g/mol. The average Bonchev–Trinajstić information content (AvgIpc) is 3.01. The van der Waals surface area contributed by atoms with Crippen LogP contribution in [0.15, 0.2) is 0 Å². The average molecular weight is 649 g/mol. The summed E-state index contributed by atoms with van der Waals surface area (Å²) in [5.74, 6) is 0. The minimum absolute atomic E-state index is 0.160. The Balaban J connectivity index is 1.77. The molecular formula is C36H72O9. The van der Waals surface area contributed by atoms with Crippen molar-refractivity contribution in [3.63, 3.8) is 0 Å². The highest BCUT2D eigenvalue weighted by Gasteiger charge is 2.43. The van der Waals surface area contributed by atoms with Crippen molar-refractivity contribution in [2.75, 3.05) is 13.2 Å². The van der Waals surface area contributed by atoms with Gasteiger partial charge < -0.3 is 45.2 Å². The lowest BCUT2D eigenvalue weighted by atomic mass is 9.99. The molecule has 0 amide bonds. The minimum Gasteiger partial charge on any atom is -0.394 e. The van der Waals surface area contributed by atoms with E-state index < -0.39 is 49.5 Å². The number of hydrogen-bond donors (Lipinski definition) is 7. The number of rotatable bonds is 31. The molecule has 9 nitrogen and oxygen atoms in total. The van der Waals surface area contributed by atoms with Gasteiger partial charge in [0.25, 0.3) is 0 Å². The van der Waals surface area contributed by atoms with Crippen LogP contribution in [0.3, 0.4) is 0 Å². The van der Waals surface area contributed by atoms with Gasteiger partial charge in [0.05, 0.1) is 31.5 Å². The van der Waals surface area contributed by atoms with Crippen molar-refractivity contribution in [2.24, 2.45) is 0 Å². The summed E-state index contributed by atoms with van der Waals surface area (Å²) < 4.78 is 10.8. The third kappa shape index (κ3) is 22.8.